The van der Waals surface area contributed by atoms with Gasteiger partial charge in [0.1, 0.15) is 0 Å². The molecule has 4 heteroatoms. The van der Waals surface area contributed by atoms with Crippen molar-refractivity contribution in [3.05, 3.63) is 36.2 Å². The summed E-state index contributed by atoms with van der Waals surface area (Å²) in [5, 5.41) is 2.31. The van der Waals surface area contributed by atoms with Crippen LogP contribution in [0.2, 0.25) is 0 Å². The van der Waals surface area contributed by atoms with E-state index in [0.717, 1.165) is 10.8 Å². The monoisotopic (exact) mass is 269 g/mol. The van der Waals surface area contributed by atoms with Gasteiger partial charge in [-0.05, 0) is 56.9 Å². The third kappa shape index (κ3) is 2.04. The molecule has 2 aromatic rings. The summed E-state index contributed by atoms with van der Waals surface area (Å²) >= 11 is 0. The van der Waals surface area contributed by atoms with Gasteiger partial charge < -0.3 is 9.31 Å². The van der Waals surface area contributed by atoms with Gasteiger partial charge in [-0.3, -0.25) is 4.98 Å². The van der Waals surface area contributed by atoms with Crippen LogP contribution in [-0.2, 0) is 9.31 Å². The molecule has 1 fully saturated rings. The van der Waals surface area contributed by atoms with Gasteiger partial charge in [0.05, 0.1) is 11.2 Å². The lowest BCUT2D eigenvalue weighted by atomic mass is 9.75. The number of fused-ring (bicyclic) bond motifs is 1. The summed E-state index contributed by atoms with van der Waals surface area (Å²) in [6.45, 7) is 10.4. The van der Waals surface area contributed by atoms with Gasteiger partial charge in [-0.25, -0.2) is 0 Å². The molecular weight excluding hydrogens is 249 g/mol. The Labute approximate surface area is 120 Å². The van der Waals surface area contributed by atoms with Crippen molar-refractivity contribution in [2.24, 2.45) is 0 Å². The van der Waals surface area contributed by atoms with Crippen molar-refractivity contribution in [2.75, 3.05) is 0 Å². The SMILES string of the molecule is Cc1cc2ccncc2cc1B1OC(C)(C)C(C)(C)O1. The Morgan fingerprint density at radius 1 is 1.00 bits per heavy atom. The largest absolute Gasteiger partial charge is 0.495 e. The smallest absolute Gasteiger partial charge is 0.399 e. The molecule has 0 atom stereocenters. The standard InChI is InChI=1S/C16H20BNO2/c1-11-8-12-6-7-18-10-13(12)9-14(11)17-19-15(2,3)16(4,5)20-17/h6-10H,1-5H3. The number of aromatic nitrogens is 1. The molecule has 3 nitrogen and oxygen atoms in total. The first kappa shape index (κ1) is 13.6. The van der Waals surface area contributed by atoms with E-state index in [-0.39, 0.29) is 18.3 Å². The van der Waals surface area contributed by atoms with Gasteiger partial charge in [-0.1, -0.05) is 17.7 Å². The maximum absolute atomic E-state index is 6.14. The van der Waals surface area contributed by atoms with E-state index in [4.69, 9.17) is 9.31 Å². The van der Waals surface area contributed by atoms with Crippen molar-refractivity contribution in [1.82, 2.24) is 4.98 Å². The molecule has 1 aliphatic heterocycles. The Kier molecular flexibility index (Phi) is 2.92. The lowest BCUT2D eigenvalue weighted by molar-refractivity contribution is 0.00578. The lowest BCUT2D eigenvalue weighted by Crippen LogP contribution is -2.41. The zero-order chi connectivity index (χ0) is 14.5. The average molecular weight is 269 g/mol. The Balaban J connectivity index is 2.05. The van der Waals surface area contributed by atoms with E-state index in [9.17, 15) is 0 Å². The molecule has 0 saturated carbocycles. The molecule has 20 heavy (non-hydrogen) atoms. The third-order valence-electron chi connectivity index (χ3n) is 4.53. The molecule has 0 N–H and O–H groups in total. The second-order valence-electron chi connectivity index (χ2n) is 6.52. The predicted molar refractivity (Wildman–Crippen MR) is 82.2 cm³/mol. The molecule has 1 aromatic heterocycles. The molecule has 0 radical (unpaired) electrons. The molecule has 2 heterocycles. The first-order chi connectivity index (χ1) is 9.30. The number of hydrogen-bond acceptors (Lipinski definition) is 3. The maximum Gasteiger partial charge on any atom is 0.495 e. The summed E-state index contributed by atoms with van der Waals surface area (Å²) in [6, 6.07) is 6.31. The molecule has 3 rings (SSSR count). The van der Waals surface area contributed by atoms with Gasteiger partial charge in [-0.2, -0.15) is 0 Å². The highest BCUT2D eigenvalue weighted by Gasteiger charge is 2.52. The summed E-state index contributed by atoms with van der Waals surface area (Å²) in [5.41, 5.74) is 1.65. The average Bonchev–Trinajstić information content (AvgIpc) is 2.57. The molecule has 1 aromatic carbocycles. The van der Waals surface area contributed by atoms with E-state index in [1.54, 1.807) is 0 Å². The minimum Gasteiger partial charge on any atom is -0.399 e. The van der Waals surface area contributed by atoms with Crippen LogP contribution in [0.25, 0.3) is 10.8 Å². The summed E-state index contributed by atoms with van der Waals surface area (Å²) in [4.78, 5) is 4.19. The highest BCUT2D eigenvalue weighted by molar-refractivity contribution is 6.63. The van der Waals surface area contributed by atoms with E-state index >= 15 is 0 Å². The summed E-state index contributed by atoms with van der Waals surface area (Å²) < 4.78 is 12.3. The Morgan fingerprint density at radius 3 is 2.30 bits per heavy atom. The van der Waals surface area contributed by atoms with Crippen molar-refractivity contribution in [3.63, 3.8) is 0 Å². The number of nitrogens with zero attached hydrogens (tertiary/aromatic N) is 1. The molecule has 1 saturated heterocycles. The molecular formula is C16H20BNO2. The lowest BCUT2D eigenvalue weighted by Gasteiger charge is -2.32. The Hall–Kier alpha value is -1.39. The van der Waals surface area contributed by atoms with E-state index in [2.05, 4.69) is 51.7 Å². The second-order valence-corrected chi connectivity index (χ2v) is 6.52. The van der Waals surface area contributed by atoms with Crippen molar-refractivity contribution >= 4 is 23.4 Å². The zero-order valence-electron chi connectivity index (χ0n) is 12.7. The van der Waals surface area contributed by atoms with Crippen molar-refractivity contribution in [1.29, 1.82) is 0 Å². The van der Waals surface area contributed by atoms with E-state index in [1.165, 1.54) is 10.9 Å². The van der Waals surface area contributed by atoms with Crippen LogP contribution in [0.5, 0.6) is 0 Å². The molecule has 0 amide bonds. The molecule has 0 bridgehead atoms. The van der Waals surface area contributed by atoms with Crippen LogP contribution in [0.1, 0.15) is 33.3 Å². The molecule has 1 aliphatic rings. The second kappa shape index (κ2) is 4.30. The fourth-order valence-electron chi connectivity index (χ4n) is 2.49. The van der Waals surface area contributed by atoms with Gasteiger partial charge in [0, 0.05) is 12.4 Å². The van der Waals surface area contributed by atoms with Crippen LogP contribution in [0, 0.1) is 6.92 Å². The first-order valence-electron chi connectivity index (χ1n) is 7.00. The van der Waals surface area contributed by atoms with Crippen LogP contribution in [-0.4, -0.2) is 23.3 Å². The van der Waals surface area contributed by atoms with Gasteiger partial charge >= 0.3 is 7.12 Å². The number of pyridine rings is 1. The topological polar surface area (TPSA) is 31.4 Å². The Morgan fingerprint density at radius 2 is 1.65 bits per heavy atom. The first-order valence-corrected chi connectivity index (χ1v) is 7.00. The number of hydrogen-bond donors (Lipinski definition) is 0. The normalized spacial score (nSPS) is 20.6. The summed E-state index contributed by atoms with van der Waals surface area (Å²) in [6.07, 6.45) is 3.69. The van der Waals surface area contributed by atoms with Gasteiger partial charge in [0.2, 0.25) is 0 Å². The number of benzene rings is 1. The van der Waals surface area contributed by atoms with Crippen LogP contribution in [0.4, 0.5) is 0 Å². The number of aryl methyl sites for hydroxylation is 1. The summed E-state index contributed by atoms with van der Waals surface area (Å²) in [7, 11) is -0.315. The summed E-state index contributed by atoms with van der Waals surface area (Å²) in [5.74, 6) is 0. The molecule has 104 valence electrons. The van der Waals surface area contributed by atoms with Crippen molar-refractivity contribution in [2.45, 2.75) is 45.8 Å². The molecule has 0 aliphatic carbocycles. The zero-order valence-corrected chi connectivity index (χ0v) is 12.7. The fourth-order valence-corrected chi connectivity index (χ4v) is 2.49. The quantitative estimate of drug-likeness (QED) is 0.746. The maximum atomic E-state index is 6.14. The van der Waals surface area contributed by atoms with Gasteiger partial charge in [0.25, 0.3) is 0 Å². The van der Waals surface area contributed by atoms with E-state index in [0.29, 0.717) is 0 Å². The van der Waals surface area contributed by atoms with Crippen LogP contribution < -0.4 is 5.46 Å². The van der Waals surface area contributed by atoms with Crippen molar-refractivity contribution < 1.29 is 9.31 Å². The Bertz CT molecular complexity index is 651. The minimum absolute atomic E-state index is 0.312. The van der Waals surface area contributed by atoms with E-state index < -0.39 is 0 Å². The molecule has 0 unspecified atom stereocenters. The minimum atomic E-state index is -0.315. The van der Waals surface area contributed by atoms with Crippen LogP contribution in [0.15, 0.2) is 30.6 Å². The highest BCUT2D eigenvalue weighted by Crippen LogP contribution is 2.36. The van der Waals surface area contributed by atoms with E-state index in [1.807, 2.05) is 18.5 Å². The fraction of sp³-hybridized carbons (Fsp3) is 0.438. The number of rotatable bonds is 1. The van der Waals surface area contributed by atoms with Crippen LogP contribution >= 0.6 is 0 Å². The van der Waals surface area contributed by atoms with Gasteiger partial charge in [0.15, 0.2) is 0 Å². The highest BCUT2D eigenvalue weighted by atomic mass is 16.7. The van der Waals surface area contributed by atoms with Crippen LogP contribution in [0.3, 0.4) is 0 Å². The van der Waals surface area contributed by atoms with Gasteiger partial charge in [-0.15, -0.1) is 0 Å². The third-order valence-corrected chi connectivity index (χ3v) is 4.53. The molecule has 0 spiro atoms. The van der Waals surface area contributed by atoms with Crippen molar-refractivity contribution in [3.8, 4) is 0 Å². The predicted octanol–water partition coefficient (Wildman–Crippen LogP) is 2.84.